The van der Waals surface area contributed by atoms with E-state index in [0.29, 0.717) is 13.1 Å². The van der Waals surface area contributed by atoms with Gasteiger partial charge in [0, 0.05) is 13.6 Å². The molecule has 0 aliphatic carbocycles. The fraction of sp³-hybridized carbons (Fsp3) is 0.500. The maximum atomic E-state index is 11.9. The largest absolute Gasteiger partial charge is 0.383 e. The van der Waals surface area contributed by atoms with Crippen molar-refractivity contribution in [2.24, 2.45) is 7.05 Å². The molecular weight excluding hydrogens is 232 g/mol. The Hall–Kier alpha value is -2.16. The third-order valence-electron chi connectivity index (χ3n) is 2.56. The molecule has 6 nitrogen and oxygen atoms in total. The normalized spacial score (nSPS) is 9.72. The molecule has 0 saturated carbocycles. The Labute approximate surface area is 105 Å². The van der Waals surface area contributed by atoms with Gasteiger partial charge in [-0.3, -0.25) is 13.9 Å². The van der Waals surface area contributed by atoms with E-state index >= 15 is 0 Å². The number of nitrogens with zero attached hydrogens (tertiary/aromatic N) is 2. The van der Waals surface area contributed by atoms with Crippen molar-refractivity contribution in [3.05, 3.63) is 20.8 Å². The van der Waals surface area contributed by atoms with Crippen LogP contribution in [0.4, 0.5) is 11.5 Å². The smallest absolute Gasteiger partial charge is 0.332 e. The molecule has 1 heterocycles. The first kappa shape index (κ1) is 13.9. The van der Waals surface area contributed by atoms with Gasteiger partial charge in [-0.2, -0.15) is 0 Å². The summed E-state index contributed by atoms with van der Waals surface area (Å²) in [5, 5.41) is 2.86. The molecule has 6 heteroatoms. The monoisotopic (exact) mass is 250 g/mol. The van der Waals surface area contributed by atoms with Crippen molar-refractivity contribution in [3.63, 3.8) is 0 Å². The van der Waals surface area contributed by atoms with Crippen LogP contribution < -0.4 is 22.3 Å². The van der Waals surface area contributed by atoms with Crippen molar-refractivity contribution < 1.29 is 0 Å². The molecule has 0 atom stereocenters. The summed E-state index contributed by atoms with van der Waals surface area (Å²) in [6.07, 6.45) is 0.760. The first-order valence-corrected chi connectivity index (χ1v) is 5.77. The second kappa shape index (κ2) is 5.96. The summed E-state index contributed by atoms with van der Waals surface area (Å²) in [5.41, 5.74) is 5.27. The highest BCUT2D eigenvalue weighted by atomic mass is 16.2. The molecule has 98 valence electrons. The second-order valence-corrected chi connectivity index (χ2v) is 3.84. The van der Waals surface area contributed by atoms with Crippen LogP contribution in [-0.4, -0.2) is 15.7 Å². The summed E-state index contributed by atoms with van der Waals surface area (Å²) >= 11 is 0. The molecule has 0 bridgehead atoms. The molecule has 1 aromatic heterocycles. The predicted octanol–water partition coefficient (Wildman–Crippen LogP) is -0.0256. The van der Waals surface area contributed by atoms with E-state index < -0.39 is 11.2 Å². The van der Waals surface area contributed by atoms with Crippen molar-refractivity contribution in [2.45, 2.75) is 26.8 Å². The Morgan fingerprint density at radius 2 is 2.06 bits per heavy atom. The highest BCUT2D eigenvalue weighted by Crippen LogP contribution is 2.10. The van der Waals surface area contributed by atoms with Crippen molar-refractivity contribution in [2.75, 3.05) is 17.6 Å². The van der Waals surface area contributed by atoms with E-state index in [0.717, 1.165) is 11.0 Å². The molecule has 0 amide bonds. The molecular formula is C12H18N4O2. The SMILES string of the molecule is CC#CCNc1c(N)n(CCC)c(=O)n(C)c1=O. The summed E-state index contributed by atoms with van der Waals surface area (Å²) < 4.78 is 2.44. The van der Waals surface area contributed by atoms with Gasteiger partial charge in [0.2, 0.25) is 0 Å². The summed E-state index contributed by atoms with van der Waals surface area (Å²) in [7, 11) is 1.44. The van der Waals surface area contributed by atoms with E-state index in [-0.39, 0.29) is 11.5 Å². The van der Waals surface area contributed by atoms with Crippen molar-refractivity contribution in [3.8, 4) is 11.8 Å². The van der Waals surface area contributed by atoms with Crippen LogP contribution in [0.3, 0.4) is 0 Å². The zero-order valence-corrected chi connectivity index (χ0v) is 10.9. The van der Waals surface area contributed by atoms with Crippen LogP contribution >= 0.6 is 0 Å². The number of anilines is 2. The zero-order chi connectivity index (χ0) is 13.7. The van der Waals surface area contributed by atoms with E-state index in [2.05, 4.69) is 17.2 Å². The topological polar surface area (TPSA) is 82.0 Å². The molecule has 0 saturated heterocycles. The number of nitrogen functional groups attached to an aromatic ring is 1. The maximum Gasteiger partial charge on any atom is 0.332 e. The zero-order valence-electron chi connectivity index (χ0n) is 10.9. The summed E-state index contributed by atoms with van der Waals surface area (Å²) in [4.78, 5) is 23.8. The summed E-state index contributed by atoms with van der Waals surface area (Å²) in [6, 6.07) is 0. The van der Waals surface area contributed by atoms with Gasteiger partial charge in [-0.25, -0.2) is 4.79 Å². The first-order valence-electron chi connectivity index (χ1n) is 5.77. The van der Waals surface area contributed by atoms with Gasteiger partial charge < -0.3 is 11.1 Å². The lowest BCUT2D eigenvalue weighted by Crippen LogP contribution is -2.40. The quantitative estimate of drug-likeness (QED) is 0.735. The molecule has 0 aliphatic heterocycles. The van der Waals surface area contributed by atoms with E-state index in [1.54, 1.807) is 6.92 Å². The van der Waals surface area contributed by atoms with Gasteiger partial charge in [-0.1, -0.05) is 12.8 Å². The molecule has 0 aromatic carbocycles. The van der Waals surface area contributed by atoms with Crippen LogP contribution in [0.2, 0.25) is 0 Å². The van der Waals surface area contributed by atoms with Crippen LogP contribution in [0.25, 0.3) is 0 Å². The van der Waals surface area contributed by atoms with E-state index in [9.17, 15) is 9.59 Å². The number of nitrogens with two attached hydrogens (primary N) is 1. The molecule has 0 aliphatic rings. The standard InChI is InChI=1S/C12H18N4O2/c1-4-6-7-14-9-10(13)16(8-5-2)12(18)15(3)11(9)17/h14H,5,7-8,13H2,1-3H3. The van der Waals surface area contributed by atoms with Crippen LogP contribution in [0.1, 0.15) is 20.3 Å². The fourth-order valence-corrected chi connectivity index (χ4v) is 1.61. The summed E-state index contributed by atoms with van der Waals surface area (Å²) in [5.74, 6) is 5.67. The van der Waals surface area contributed by atoms with Crippen molar-refractivity contribution in [1.82, 2.24) is 9.13 Å². The number of aromatic nitrogens is 2. The molecule has 0 radical (unpaired) electrons. The van der Waals surface area contributed by atoms with E-state index in [1.807, 2.05) is 6.92 Å². The van der Waals surface area contributed by atoms with Crippen LogP contribution in [-0.2, 0) is 13.6 Å². The lowest BCUT2D eigenvalue weighted by atomic mass is 10.4. The molecule has 0 fully saturated rings. The minimum atomic E-state index is -0.428. The molecule has 0 unspecified atom stereocenters. The van der Waals surface area contributed by atoms with E-state index in [4.69, 9.17) is 5.73 Å². The minimum absolute atomic E-state index is 0.169. The molecule has 0 spiro atoms. The van der Waals surface area contributed by atoms with Crippen LogP contribution in [0.5, 0.6) is 0 Å². The minimum Gasteiger partial charge on any atom is -0.383 e. The number of hydrogen-bond donors (Lipinski definition) is 2. The Bertz CT molecular complexity index is 601. The Morgan fingerprint density at radius 1 is 1.39 bits per heavy atom. The maximum absolute atomic E-state index is 11.9. The number of nitrogens with one attached hydrogen (secondary N) is 1. The van der Waals surface area contributed by atoms with Gasteiger partial charge in [0.25, 0.3) is 5.56 Å². The first-order chi connectivity index (χ1) is 8.54. The molecule has 1 aromatic rings. The van der Waals surface area contributed by atoms with Gasteiger partial charge >= 0.3 is 5.69 Å². The van der Waals surface area contributed by atoms with Crippen LogP contribution in [0, 0.1) is 11.8 Å². The summed E-state index contributed by atoms with van der Waals surface area (Å²) in [6.45, 7) is 4.45. The third-order valence-corrected chi connectivity index (χ3v) is 2.56. The average molecular weight is 250 g/mol. The van der Waals surface area contributed by atoms with Gasteiger partial charge in [0.1, 0.15) is 11.5 Å². The van der Waals surface area contributed by atoms with Gasteiger partial charge in [0.15, 0.2) is 0 Å². The Morgan fingerprint density at radius 3 is 2.61 bits per heavy atom. The highest BCUT2D eigenvalue weighted by Gasteiger charge is 2.13. The average Bonchev–Trinajstić information content (AvgIpc) is 2.36. The Kier molecular flexibility index (Phi) is 4.60. The highest BCUT2D eigenvalue weighted by molar-refractivity contribution is 5.61. The van der Waals surface area contributed by atoms with Gasteiger partial charge in [-0.05, 0) is 13.3 Å². The second-order valence-electron chi connectivity index (χ2n) is 3.84. The lowest BCUT2D eigenvalue weighted by Gasteiger charge is -2.14. The van der Waals surface area contributed by atoms with Crippen LogP contribution in [0.15, 0.2) is 9.59 Å². The number of rotatable bonds is 4. The predicted molar refractivity (Wildman–Crippen MR) is 72.6 cm³/mol. The lowest BCUT2D eigenvalue weighted by molar-refractivity contribution is 0.601. The Balaban J connectivity index is 3.36. The third kappa shape index (κ3) is 2.56. The molecule has 3 N–H and O–H groups in total. The van der Waals surface area contributed by atoms with E-state index in [1.165, 1.54) is 11.6 Å². The van der Waals surface area contributed by atoms with Crippen molar-refractivity contribution >= 4 is 11.5 Å². The fourth-order valence-electron chi connectivity index (χ4n) is 1.61. The molecule has 18 heavy (non-hydrogen) atoms. The van der Waals surface area contributed by atoms with Gasteiger partial charge in [-0.15, -0.1) is 5.92 Å². The number of hydrogen-bond acceptors (Lipinski definition) is 4. The van der Waals surface area contributed by atoms with Crippen molar-refractivity contribution in [1.29, 1.82) is 0 Å². The molecule has 1 rings (SSSR count). The van der Waals surface area contributed by atoms with Gasteiger partial charge in [0.05, 0.1) is 6.54 Å².